The van der Waals surface area contributed by atoms with Gasteiger partial charge in [-0.25, -0.2) is 0 Å². The van der Waals surface area contributed by atoms with E-state index in [0.29, 0.717) is 6.04 Å². The molecule has 2 aromatic rings. The lowest BCUT2D eigenvalue weighted by atomic mass is 9.65. The molecule has 0 unspecified atom stereocenters. The van der Waals surface area contributed by atoms with Gasteiger partial charge in [0.05, 0.1) is 29.9 Å². The topological polar surface area (TPSA) is 65.4 Å². The van der Waals surface area contributed by atoms with E-state index in [4.69, 9.17) is 9.47 Å². The number of nitrogens with zero attached hydrogens (tertiary/aromatic N) is 2. The van der Waals surface area contributed by atoms with Crippen molar-refractivity contribution in [3.05, 3.63) is 30.0 Å². The molecule has 136 valence electrons. The van der Waals surface area contributed by atoms with Crippen molar-refractivity contribution in [3.8, 4) is 17.0 Å². The number of aromatic nitrogens is 2. The van der Waals surface area contributed by atoms with Crippen LogP contribution >= 0.6 is 0 Å². The van der Waals surface area contributed by atoms with E-state index in [2.05, 4.69) is 21.2 Å². The normalized spacial score (nSPS) is 21.3. The molecule has 2 fully saturated rings. The van der Waals surface area contributed by atoms with Gasteiger partial charge in [0.2, 0.25) is 5.91 Å². The van der Waals surface area contributed by atoms with Crippen molar-refractivity contribution in [2.45, 2.75) is 43.6 Å². The molecule has 1 spiro atoms. The molecule has 26 heavy (non-hydrogen) atoms. The van der Waals surface area contributed by atoms with Crippen molar-refractivity contribution < 1.29 is 14.3 Å². The highest BCUT2D eigenvalue weighted by atomic mass is 16.5. The number of rotatable bonds is 3. The van der Waals surface area contributed by atoms with Crippen molar-refractivity contribution in [2.75, 3.05) is 25.6 Å². The van der Waals surface area contributed by atoms with Crippen LogP contribution < -0.4 is 10.1 Å². The molecular formula is C20H23N3O3. The van der Waals surface area contributed by atoms with Gasteiger partial charge in [-0.3, -0.25) is 9.48 Å². The summed E-state index contributed by atoms with van der Waals surface area (Å²) in [6, 6.07) is 6.59. The summed E-state index contributed by atoms with van der Waals surface area (Å²) < 4.78 is 13.2. The van der Waals surface area contributed by atoms with Gasteiger partial charge in [-0.15, -0.1) is 0 Å². The molecule has 0 bridgehead atoms. The van der Waals surface area contributed by atoms with Crippen LogP contribution in [-0.2, 0) is 14.9 Å². The number of carbonyl (C=O) groups excluding carboxylic acids is 1. The predicted molar refractivity (Wildman–Crippen MR) is 97.5 cm³/mol. The summed E-state index contributed by atoms with van der Waals surface area (Å²) >= 11 is 0. The Bertz CT molecular complexity index is 863. The van der Waals surface area contributed by atoms with Gasteiger partial charge in [-0.05, 0) is 49.4 Å². The Kier molecular flexibility index (Phi) is 3.57. The third kappa shape index (κ3) is 2.14. The maximum absolute atomic E-state index is 12.6. The Morgan fingerprint density at radius 3 is 2.81 bits per heavy atom. The minimum absolute atomic E-state index is 0.118. The van der Waals surface area contributed by atoms with Crippen molar-refractivity contribution in [1.82, 2.24) is 9.78 Å². The molecule has 1 amide bonds. The molecular weight excluding hydrogens is 330 g/mol. The van der Waals surface area contributed by atoms with Crippen LogP contribution in [0.15, 0.2) is 24.4 Å². The van der Waals surface area contributed by atoms with E-state index in [1.165, 1.54) is 0 Å². The van der Waals surface area contributed by atoms with E-state index in [-0.39, 0.29) is 11.3 Å². The van der Waals surface area contributed by atoms with Crippen molar-refractivity contribution in [3.63, 3.8) is 0 Å². The SMILES string of the molecule is COc1cc(-c2ccnn2C2CCOCC2)cc2c1NC(=O)C21CCC1. The van der Waals surface area contributed by atoms with Gasteiger partial charge in [0.15, 0.2) is 0 Å². The average molecular weight is 353 g/mol. The molecule has 1 aromatic carbocycles. The van der Waals surface area contributed by atoms with Gasteiger partial charge < -0.3 is 14.8 Å². The van der Waals surface area contributed by atoms with Crippen LogP contribution in [0.25, 0.3) is 11.3 Å². The number of carbonyl (C=O) groups is 1. The zero-order valence-corrected chi connectivity index (χ0v) is 15.0. The molecule has 3 aliphatic rings. The lowest BCUT2D eigenvalue weighted by molar-refractivity contribution is -0.123. The predicted octanol–water partition coefficient (Wildman–Crippen LogP) is 3.28. The maximum atomic E-state index is 12.6. The average Bonchev–Trinajstić information content (AvgIpc) is 3.23. The fourth-order valence-corrected chi connectivity index (χ4v) is 4.58. The number of hydrogen-bond donors (Lipinski definition) is 1. The standard InChI is InChI=1S/C20H23N3O3/c1-25-17-12-13(11-15-18(17)22-19(24)20(15)6-2-7-20)16-3-8-21-23(16)14-4-9-26-10-5-14/h3,8,11-12,14H,2,4-7,9-10H2,1H3,(H,22,24). The minimum Gasteiger partial charge on any atom is -0.495 e. The summed E-state index contributed by atoms with van der Waals surface area (Å²) in [4.78, 5) is 12.6. The van der Waals surface area contributed by atoms with Crippen LogP contribution in [0.4, 0.5) is 5.69 Å². The van der Waals surface area contributed by atoms with Crippen LogP contribution in [-0.4, -0.2) is 36.0 Å². The molecule has 6 heteroatoms. The molecule has 0 radical (unpaired) electrons. The Balaban J connectivity index is 1.62. The lowest BCUT2D eigenvalue weighted by Gasteiger charge is -2.36. The molecule has 1 aliphatic carbocycles. The third-order valence-electron chi connectivity index (χ3n) is 6.22. The molecule has 1 saturated carbocycles. The van der Waals surface area contributed by atoms with Crippen LogP contribution in [0.1, 0.15) is 43.7 Å². The second-order valence-corrected chi connectivity index (χ2v) is 7.50. The van der Waals surface area contributed by atoms with Crippen molar-refractivity contribution >= 4 is 11.6 Å². The molecule has 2 aliphatic heterocycles. The van der Waals surface area contributed by atoms with E-state index in [9.17, 15) is 4.79 Å². The van der Waals surface area contributed by atoms with E-state index >= 15 is 0 Å². The van der Waals surface area contributed by atoms with Gasteiger partial charge >= 0.3 is 0 Å². The number of amides is 1. The number of nitrogens with one attached hydrogen (secondary N) is 1. The number of anilines is 1. The largest absolute Gasteiger partial charge is 0.495 e. The van der Waals surface area contributed by atoms with Gasteiger partial charge in [0, 0.05) is 25.0 Å². The first-order valence-electron chi connectivity index (χ1n) is 9.38. The van der Waals surface area contributed by atoms with Crippen LogP contribution in [0.3, 0.4) is 0 Å². The van der Waals surface area contributed by atoms with Gasteiger partial charge in [0.25, 0.3) is 0 Å². The highest BCUT2D eigenvalue weighted by Gasteiger charge is 2.52. The van der Waals surface area contributed by atoms with Crippen molar-refractivity contribution in [2.24, 2.45) is 0 Å². The second kappa shape index (κ2) is 5.84. The van der Waals surface area contributed by atoms with Gasteiger partial charge in [0.1, 0.15) is 5.75 Å². The zero-order chi connectivity index (χ0) is 17.7. The monoisotopic (exact) mass is 353 g/mol. The first-order valence-corrected chi connectivity index (χ1v) is 9.38. The Morgan fingerprint density at radius 1 is 1.31 bits per heavy atom. The summed E-state index contributed by atoms with van der Waals surface area (Å²) in [5, 5.41) is 7.65. The first kappa shape index (κ1) is 15.9. The summed E-state index contributed by atoms with van der Waals surface area (Å²) in [7, 11) is 1.66. The number of methoxy groups -OCH3 is 1. The molecule has 0 atom stereocenters. The number of hydrogen-bond acceptors (Lipinski definition) is 4. The molecule has 6 nitrogen and oxygen atoms in total. The molecule has 3 heterocycles. The summed E-state index contributed by atoms with van der Waals surface area (Å²) in [5.74, 6) is 0.849. The molecule has 5 rings (SSSR count). The van der Waals surface area contributed by atoms with Crippen LogP contribution in [0.2, 0.25) is 0 Å². The van der Waals surface area contributed by atoms with E-state index < -0.39 is 0 Å². The van der Waals surface area contributed by atoms with E-state index in [0.717, 1.165) is 73.6 Å². The zero-order valence-electron chi connectivity index (χ0n) is 15.0. The van der Waals surface area contributed by atoms with Crippen molar-refractivity contribution in [1.29, 1.82) is 0 Å². The quantitative estimate of drug-likeness (QED) is 0.920. The summed E-state index contributed by atoms with van der Waals surface area (Å²) in [6.07, 6.45) is 6.73. The number of fused-ring (bicyclic) bond motifs is 2. The Hall–Kier alpha value is -2.34. The highest BCUT2D eigenvalue weighted by molar-refractivity contribution is 6.08. The smallest absolute Gasteiger partial charge is 0.235 e. The van der Waals surface area contributed by atoms with E-state index in [1.807, 2.05) is 18.3 Å². The maximum Gasteiger partial charge on any atom is 0.235 e. The third-order valence-corrected chi connectivity index (χ3v) is 6.22. The molecule has 1 N–H and O–H groups in total. The Labute approximate surface area is 152 Å². The van der Waals surface area contributed by atoms with Crippen LogP contribution in [0.5, 0.6) is 5.75 Å². The number of benzene rings is 1. The molecule has 1 saturated heterocycles. The second-order valence-electron chi connectivity index (χ2n) is 7.50. The molecule has 1 aromatic heterocycles. The highest BCUT2D eigenvalue weighted by Crippen LogP contribution is 2.54. The summed E-state index contributed by atoms with van der Waals surface area (Å²) in [6.45, 7) is 1.55. The van der Waals surface area contributed by atoms with E-state index in [1.54, 1.807) is 7.11 Å². The first-order chi connectivity index (χ1) is 12.7. The Morgan fingerprint density at radius 2 is 2.12 bits per heavy atom. The summed E-state index contributed by atoms with van der Waals surface area (Å²) in [5.41, 5.74) is 3.71. The van der Waals surface area contributed by atoms with Gasteiger partial charge in [-0.2, -0.15) is 5.10 Å². The number of ether oxygens (including phenoxy) is 2. The fraction of sp³-hybridized carbons (Fsp3) is 0.500. The fourth-order valence-electron chi connectivity index (χ4n) is 4.58. The van der Waals surface area contributed by atoms with Crippen LogP contribution in [0, 0.1) is 0 Å². The lowest BCUT2D eigenvalue weighted by Crippen LogP contribution is -2.40. The van der Waals surface area contributed by atoms with Gasteiger partial charge in [-0.1, -0.05) is 6.42 Å². The minimum atomic E-state index is -0.359.